The molecule has 0 spiro atoms. The third-order valence-electron chi connectivity index (χ3n) is 3.18. The molecule has 1 aliphatic rings. The van der Waals surface area contributed by atoms with E-state index in [0.29, 0.717) is 11.3 Å². The molecule has 1 aromatic carbocycles. The van der Waals surface area contributed by atoms with Crippen LogP contribution in [0.2, 0.25) is 0 Å². The topological polar surface area (TPSA) is 29.5 Å². The monoisotopic (exact) mass is 236 g/mol. The van der Waals surface area contributed by atoms with Crippen molar-refractivity contribution in [2.75, 3.05) is 7.11 Å². The summed E-state index contributed by atoms with van der Waals surface area (Å²) in [5.74, 6) is 0.0550. The zero-order valence-corrected chi connectivity index (χ0v) is 9.95. The molecule has 0 aromatic heterocycles. The summed E-state index contributed by atoms with van der Waals surface area (Å²) in [6, 6.07) is 4.57. The maximum absolute atomic E-state index is 13.8. The van der Waals surface area contributed by atoms with E-state index in [1.54, 1.807) is 12.1 Å². The van der Waals surface area contributed by atoms with E-state index in [4.69, 9.17) is 4.74 Å². The molecule has 17 heavy (non-hydrogen) atoms. The van der Waals surface area contributed by atoms with Crippen LogP contribution >= 0.6 is 0 Å². The summed E-state index contributed by atoms with van der Waals surface area (Å²) < 4.78 is 18.7. The molecule has 0 saturated carbocycles. The molecule has 0 fully saturated rings. The minimum absolute atomic E-state index is 0.332. The van der Waals surface area contributed by atoms with Crippen molar-refractivity contribution in [3.05, 3.63) is 41.2 Å². The molecular formula is C14H17FO2. The maximum atomic E-state index is 13.8. The number of aliphatic hydroxyl groups is 1. The molecule has 0 amide bonds. The van der Waals surface area contributed by atoms with Gasteiger partial charge in [0, 0.05) is 11.6 Å². The number of hydrogen-bond acceptors (Lipinski definition) is 2. The Morgan fingerprint density at radius 3 is 2.76 bits per heavy atom. The van der Waals surface area contributed by atoms with Gasteiger partial charge in [0.05, 0.1) is 7.11 Å². The van der Waals surface area contributed by atoms with Crippen molar-refractivity contribution >= 4 is 0 Å². The molecule has 1 N–H and O–H groups in total. The molecule has 0 aliphatic heterocycles. The van der Waals surface area contributed by atoms with Crippen LogP contribution in [0.4, 0.5) is 4.39 Å². The largest absolute Gasteiger partial charge is 0.497 e. The van der Waals surface area contributed by atoms with Gasteiger partial charge in [0.1, 0.15) is 17.7 Å². The van der Waals surface area contributed by atoms with Gasteiger partial charge in [-0.2, -0.15) is 0 Å². The highest BCUT2D eigenvalue weighted by atomic mass is 19.1. The first-order valence-electron chi connectivity index (χ1n) is 5.93. The lowest BCUT2D eigenvalue weighted by Gasteiger charge is -2.19. The lowest BCUT2D eigenvalue weighted by molar-refractivity contribution is 0.203. The second kappa shape index (κ2) is 5.32. The molecule has 1 unspecified atom stereocenters. The highest BCUT2D eigenvalue weighted by Crippen LogP contribution is 2.32. The Bertz CT molecular complexity index is 426. The smallest absolute Gasteiger partial charge is 0.133 e. The van der Waals surface area contributed by atoms with Crippen LogP contribution in [0.25, 0.3) is 0 Å². The summed E-state index contributed by atoms with van der Waals surface area (Å²) in [5.41, 5.74) is 1.26. The molecule has 92 valence electrons. The molecule has 0 bridgehead atoms. The van der Waals surface area contributed by atoms with Gasteiger partial charge in [0.2, 0.25) is 0 Å². The van der Waals surface area contributed by atoms with E-state index in [2.05, 4.69) is 0 Å². The van der Waals surface area contributed by atoms with E-state index in [1.165, 1.54) is 13.2 Å². The summed E-state index contributed by atoms with van der Waals surface area (Å²) >= 11 is 0. The first-order chi connectivity index (χ1) is 8.22. The van der Waals surface area contributed by atoms with E-state index in [1.807, 2.05) is 6.08 Å². The number of aliphatic hydroxyl groups excluding tert-OH is 1. The van der Waals surface area contributed by atoms with Crippen LogP contribution in [0.1, 0.15) is 37.4 Å². The standard InChI is InChI=1S/C14H17FO2/c1-17-11-7-8-12(13(15)9-11)14(16)10-5-3-2-4-6-10/h5,7-9,14,16H,2-4,6H2,1H3. The first-order valence-corrected chi connectivity index (χ1v) is 5.93. The van der Waals surface area contributed by atoms with Crippen molar-refractivity contribution in [3.8, 4) is 5.75 Å². The third-order valence-corrected chi connectivity index (χ3v) is 3.18. The Morgan fingerprint density at radius 1 is 1.35 bits per heavy atom. The van der Waals surface area contributed by atoms with Crippen molar-refractivity contribution in [2.45, 2.75) is 31.8 Å². The quantitative estimate of drug-likeness (QED) is 0.815. The van der Waals surface area contributed by atoms with Crippen molar-refractivity contribution in [1.29, 1.82) is 0 Å². The maximum Gasteiger partial charge on any atom is 0.133 e. The molecule has 0 saturated heterocycles. The number of methoxy groups -OCH3 is 1. The molecule has 1 atom stereocenters. The van der Waals surface area contributed by atoms with E-state index in [0.717, 1.165) is 31.3 Å². The van der Waals surface area contributed by atoms with Gasteiger partial charge in [-0.3, -0.25) is 0 Å². The van der Waals surface area contributed by atoms with E-state index in [9.17, 15) is 9.50 Å². The fraction of sp³-hybridized carbons (Fsp3) is 0.429. The summed E-state index contributed by atoms with van der Waals surface area (Å²) in [7, 11) is 1.49. The average Bonchev–Trinajstić information content (AvgIpc) is 2.39. The van der Waals surface area contributed by atoms with E-state index < -0.39 is 11.9 Å². The van der Waals surface area contributed by atoms with Crippen LogP contribution in [0.5, 0.6) is 5.75 Å². The summed E-state index contributed by atoms with van der Waals surface area (Å²) in [6.07, 6.45) is 5.26. The van der Waals surface area contributed by atoms with Crippen molar-refractivity contribution in [1.82, 2.24) is 0 Å². The Morgan fingerprint density at radius 2 is 2.18 bits per heavy atom. The summed E-state index contributed by atoms with van der Waals surface area (Å²) in [6.45, 7) is 0. The van der Waals surface area contributed by atoms with Gasteiger partial charge >= 0.3 is 0 Å². The molecule has 1 aliphatic carbocycles. The van der Waals surface area contributed by atoms with Crippen molar-refractivity contribution < 1.29 is 14.2 Å². The molecule has 3 heteroatoms. The van der Waals surface area contributed by atoms with E-state index >= 15 is 0 Å². The highest BCUT2D eigenvalue weighted by molar-refractivity contribution is 5.34. The van der Waals surface area contributed by atoms with Gasteiger partial charge in [-0.25, -0.2) is 4.39 Å². The number of hydrogen-bond donors (Lipinski definition) is 1. The normalized spacial score (nSPS) is 17.5. The van der Waals surface area contributed by atoms with Crippen LogP contribution in [0.15, 0.2) is 29.8 Å². The van der Waals surface area contributed by atoms with Gasteiger partial charge in [0.25, 0.3) is 0 Å². The van der Waals surface area contributed by atoms with Crippen molar-refractivity contribution in [2.24, 2.45) is 0 Å². The lowest BCUT2D eigenvalue weighted by atomic mass is 9.91. The fourth-order valence-electron chi connectivity index (χ4n) is 2.17. The predicted molar refractivity (Wildman–Crippen MR) is 64.5 cm³/mol. The van der Waals surface area contributed by atoms with Gasteiger partial charge in [-0.1, -0.05) is 6.08 Å². The molecule has 2 nitrogen and oxygen atoms in total. The van der Waals surface area contributed by atoms with Crippen molar-refractivity contribution in [3.63, 3.8) is 0 Å². The molecule has 1 aromatic rings. The zero-order chi connectivity index (χ0) is 12.3. The third kappa shape index (κ3) is 2.67. The minimum atomic E-state index is -0.818. The van der Waals surface area contributed by atoms with Crippen LogP contribution < -0.4 is 4.74 Å². The van der Waals surface area contributed by atoms with Gasteiger partial charge in [0.15, 0.2) is 0 Å². The second-order valence-electron chi connectivity index (χ2n) is 4.31. The number of benzene rings is 1. The minimum Gasteiger partial charge on any atom is -0.497 e. The summed E-state index contributed by atoms with van der Waals surface area (Å²) in [5, 5.41) is 10.1. The lowest BCUT2D eigenvalue weighted by Crippen LogP contribution is -2.07. The number of allylic oxidation sites excluding steroid dienone is 1. The first kappa shape index (κ1) is 12.1. The highest BCUT2D eigenvalue weighted by Gasteiger charge is 2.18. The van der Waals surface area contributed by atoms with Gasteiger partial charge in [-0.05, 0) is 43.4 Å². The molecular weight excluding hydrogens is 219 g/mol. The average molecular weight is 236 g/mol. The second-order valence-corrected chi connectivity index (χ2v) is 4.31. The summed E-state index contributed by atoms with van der Waals surface area (Å²) in [4.78, 5) is 0. The van der Waals surface area contributed by atoms with Crippen LogP contribution in [-0.2, 0) is 0 Å². The molecule has 0 radical (unpaired) electrons. The molecule has 0 heterocycles. The predicted octanol–water partition coefficient (Wildman–Crippen LogP) is 3.37. The fourth-order valence-corrected chi connectivity index (χ4v) is 2.17. The van der Waals surface area contributed by atoms with Crippen LogP contribution in [-0.4, -0.2) is 12.2 Å². The van der Waals surface area contributed by atoms with E-state index in [-0.39, 0.29) is 0 Å². The number of halogens is 1. The van der Waals surface area contributed by atoms with Gasteiger partial charge < -0.3 is 9.84 Å². The van der Waals surface area contributed by atoms with Crippen LogP contribution in [0, 0.1) is 5.82 Å². The molecule has 2 rings (SSSR count). The van der Waals surface area contributed by atoms with Gasteiger partial charge in [-0.15, -0.1) is 0 Å². The Hall–Kier alpha value is -1.35. The van der Waals surface area contributed by atoms with Crippen LogP contribution in [0.3, 0.4) is 0 Å². The zero-order valence-electron chi connectivity index (χ0n) is 9.95. The Labute approximate surface area is 101 Å². The Balaban J connectivity index is 2.24. The Kier molecular flexibility index (Phi) is 3.79. The number of rotatable bonds is 3. The number of ether oxygens (including phenoxy) is 1. The SMILES string of the molecule is COc1ccc(C(O)C2=CCCCC2)c(F)c1.